The molecule has 0 radical (unpaired) electrons. The molecule has 0 bridgehead atoms. The maximum Gasteiger partial charge on any atom is 0 e. The van der Waals surface area contributed by atoms with Crippen LogP contribution in [0.25, 0.3) is 0 Å². The van der Waals surface area contributed by atoms with E-state index in [4.69, 9.17) is 0 Å². The molecule has 0 N–H and O–H groups in total. The van der Waals surface area contributed by atoms with Gasteiger partial charge in [-0.1, -0.05) is 39.0 Å². The van der Waals surface area contributed by atoms with Crippen molar-refractivity contribution in [2.24, 2.45) is 11.8 Å². The van der Waals surface area contributed by atoms with Crippen molar-refractivity contribution < 1.29 is 25.8 Å². The maximum atomic E-state index is 2.32. The molecular formula is C9H14Hf. The quantitative estimate of drug-likeness (QED) is 0.653. The molecule has 1 atom stereocenters. The monoisotopic (exact) mass is 302 g/mol. The smallest absolute Gasteiger partial charge is 0 e. The van der Waals surface area contributed by atoms with E-state index in [1.807, 2.05) is 0 Å². The summed E-state index contributed by atoms with van der Waals surface area (Å²) in [5.41, 5.74) is 1.49. The van der Waals surface area contributed by atoms with E-state index in [-0.39, 0.29) is 25.8 Å². The molecule has 1 heteroatoms. The van der Waals surface area contributed by atoms with Crippen LogP contribution in [-0.4, -0.2) is 0 Å². The van der Waals surface area contributed by atoms with Crippen LogP contribution in [-0.2, 0) is 25.8 Å². The van der Waals surface area contributed by atoms with E-state index in [1.54, 1.807) is 0 Å². The molecule has 0 heterocycles. The third-order valence-electron chi connectivity index (χ3n) is 1.71. The van der Waals surface area contributed by atoms with E-state index in [9.17, 15) is 0 Å². The standard InChI is InChI=1S/C9H14.Hf/c1-7(2)9-5-4-8(3)6-9;/h4-8H,1-3H3;. The molecule has 10 heavy (non-hydrogen) atoms. The van der Waals surface area contributed by atoms with Gasteiger partial charge in [0.05, 0.1) is 0 Å². The third-order valence-corrected chi connectivity index (χ3v) is 1.71. The van der Waals surface area contributed by atoms with Crippen molar-refractivity contribution in [1.29, 1.82) is 0 Å². The molecule has 0 amide bonds. The average molecular weight is 301 g/mol. The van der Waals surface area contributed by atoms with Crippen LogP contribution in [0.2, 0.25) is 0 Å². The van der Waals surface area contributed by atoms with Gasteiger partial charge in [0.1, 0.15) is 0 Å². The number of hydrogen-bond acceptors (Lipinski definition) is 0. The van der Waals surface area contributed by atoms with Crippen LogP contribution in [0, 0.1) is 11.8 Å². The van der Waals surface area contributed by atoms with Crippen LogP contribution < -0.4 is 0 Å². The average Bonchev–Trinajstić information content (AvgIpc) is 2.14. The number of hydrogen-bond donors (Lipinski definition) is 0. The van der Waals surface area contributed by atoms with E-state index in [1.165, 1.54) is 5.57 Å². The van der Waals surface area contributed by atoms with Crippen LogP contribution >= 0.6 is 0 Å². The summed E-state index contributed by atoms with van der Waals surface area (Å²) < 4.78 is 0. The summed E-state index contributed by atoms with van der Waals surface area (Å²) in [5, 5.41) is 0. The van der Waals surface area contributed by atoms with Gasteiger partial charge in [-0.2, -0.15) is 0 Å². The van der Waals surface area contributed by atoms with E-state index >= 15 is 0 Å². The van der Waals surface area contributed by atoms with Gasteiger partial charge < -0.3 is 0 Å². The Balaban J connectivity index is 0.000000810. The fraction of sp³-hybridized carbons (Fsp3) is 0.556. The van der Waals surface area contributed by atoms with Gasteiger partial charge in [0.2, 0.25) is 0 Å². The van der Waals surface area contributed by atoms with Crippen molar-refractivity contribution in [2.45, 2.75) is 20.8 Å². The van der Waals surface area contributed by atoms with Crippen LogP contribution in [0.3, 0.4) is 0 Å². The SMILES string of the molecule is CC1C=CC(C(C)C)=C1.[Hf]. The molecule has 1 unspecified atom stereocenters. The second kappa shape index (κ2) is 4.27. The minimum atomic E-state index is 0. The molecule has 54 valence electrons. The van der Waals surface area contributed by atoms with Crippen LogP contribution in [0.4, 0.5) is 0 Å². The van der Waals surface area contributed by atoms with Crippen molar-refractivity contribution in [2.75, 3.05) is 0 Å². The number of rotatable bonds is 1. The van der Waals surface area contributed by atoms with Gasteiger partial charge in [-0.15, -0.1) is 0 Å². The summed E-state index contributed by atoms with van der Waals surface area (Å²) in [4.78, 5) is 0. The molecule has 0 aliphatic heterocycles. The van der Waals surface area contributed by atoms with E-state index in [0.29, 0.717) is 11.8 Å². The zero-order valence-electron chi connectivity index (χ0n) is 6.89. The Bertz CT molecular complexity index is 154. The molecule has 0 aromatic heterocycles. The Kier molecular flexibility index (Phi) is 4.42. The summed E-state index contributed by atoms with van der Waals surface area (Å²) in [6, 6.07) is 0. The first kappa shape index (κ1) is 10.4. The van der Waals surface area contributed by atoms with Crippen LogP contribution in [0.5, 0.6) is 0 Å². The summed E-state index contributed by atoms with van der Waals surface area (Å²) in [7, 11) is 0. The zero-order chi connectivity index (χ0) is 6.85. The fourth-order valence-corrected chi connectivity index (χ4v) is 1.06. The summed E-state index contributed by atoms with van der Waals surface area (Å²) in [6.07, 6.45) is 6.80. The second-order valence-corrected chi connectivity index (χ2v) is 3.04. The van der Waals surface area contributed by atoms with E-state index < -0.39 is 0 Å². The molecular weight excluding hydrogens is 287 g/mol. The minimum Gasteiger partial charge on any atom is -0.0776 e. The summed E-state index contributed by atoms with van der Waals surface area (Å²) >= 11 is 0. The molecule has 0 saturated heterocycles. The van der Waals surface area contributed by atoms with Gasteiger partial charge in [-0.25, -0.2) is 0 Å². The number of allylic oxidation sites excluding steroid dienone is 4. The maximum absolute atomic E-state index is 2.32. The third kappa shape index (κ3) is 2.53. The van der Waals surface area contributed by atoms with Gasteiger partial charge >= 0.3 is 0 Å². The van der Waals surface area contributed by atoms with E-state index in [0.717, 1.165) is 0 Å². The minimum absolute atomic E-state index is 0. The fourth-order valence-electron chi connectivity index (χ4n) is 1.06. The Morgan fingerprint density at radius 3 is 2.20 bits per heavy atom. The van der Waals surface area contributed by atoms with Gasteiger partial charge in [-0.05, 0) is 17.4 Å². The normalized spacial score (nSPS) is 22.8. The molecule has 1 aliphatic rings. The van der Waals surface area contributed by atoms with Crippen LogP contribution in [0.1, 0.15) is 20.8 Å². The largest absolute Gasteiger partial charge is 0.0776 e. The van der Waals surface area contributed by atoms with Crippen molar-refractivity contribution in [1.82, 2.24) is 0 Å². The Labute approximate surface area is 82.2 Å². The molecule has 0 fully saturated rings. The Hall–Kier alpha value is 0.350. The summed E-state index contributed by atoms with van der Waals surface area (Å²) in [5.74, 6) is 1.37. The molecule has 0 spiro atoms. The topological polar surface area (TPSA) is 0 Å². The zero-order valence-corrected chi connectivity index (χ0v) is 10.5. The van der Waals surface area contributed by atoms with Gasteiger partial charge in [-0.3, -0.25) is 0 Å². The van der Waals surface area contributed by atoms with Crippen molar-refractivity contribution in [3.05, 3.63) is 23.8 Å². The molecule has 0 nitrogen and oxygen atoms in total. The van der Waals surface area contributed by atoms with Crippen molar-refractivity contribution in [3.8, 4) is 0 Å². The van der Waals surface area contributed by atoms with Gasteiger partial charge in [0.15, 0.2) is 0 Å². The van der Waals surface area contributed by atoms with Gasteiger partial charge in [0, 0.05) is 25.8 Å². The first-order valence-corrected chi connectivity index (χ1v) is 3.60. The Morgan fingerprint density at radius 2 is 2.00 bits per heavy atom. The van der Waals surface area contributed by atoms with Gasteiger partial charge in [0.25, 0.3) is 0 Å². The first-order valence-electron chi connectivity index (χ1n) is 3.60. The predicted octanol–water partition coefficient (Wildman–Crippen LogP) is 2.77. The van der Waals surface area contributed by atoms with Crippen molar-refractivity contribution in [3.63, 3.8) is 0 Å². The summed E-state index contributed by atoms with van der Waals surface area (Å²) in [6.45, 7) is 6.67. The molecule has 1 aliphatic carbocycles. The van der Waals surface area contributed by atoms with E-state index in [2.05, 4.69) is 39.0 Å². The molecule has 0 saturated carbocycles. The molecule has 1 rings (SSSR count). The first-order chi connectivity index (χ1) is 4.20. The molecule has 0 aromatic carbocycles. The van der Waals surface area contributed by atoms with Crippen LogP contribution in [0.15, 0.2) is 23.8 Å². The van der Waals surface area contributed by atoms with Crippen molar-refractivity contribution >= 4 is 0 Å². The molecule has 0 aromatic rings. The Morgan fingerprint density at radius 1 is 1.40 bits per heavy atom. The predicted molar refractivity (Wildman–Crippen MR) is 41.2 cm³/mol. The second-order valence-electron chi connectivity index (χ2n) is 3.04.